The highest BCUT2D eigenvalue weighted by atomic mass is 32.1. The molecular weight excluding hydrogens is 190 g/mol. The van der Waals surface area contributed by atoms with Gasteiger partial charge in [0.1, 0.15) is 11.9 Å². The third kappa shape index (κ3) is 2.59. The lowest BCUT2D eigenvalue weighted by molar-refractivity contribution is -0.141. The SMILES string of the molecule is COC(=O)[C@H](C)Nc1csc(N)n1. The summed E-state index contributed by atoms with van der Waals surface area (Å²) in [6, 6.07) is -0.411. The summed E-state index contributed by atoms with van der Waals surface area (Å²) in [5.41, 5.74) is 5.41. The van der Waals surface area contributed by atoms with Gasteiger partial charge in [-0.25, -0.2) is 9.78 Å². The number of rotatable bonds is 3. The van der Waals surface area contributed by atoms with Crippen LogP contribution in [0.15, 0.2) is 5.38 Å². The maximum absolute atomic E-state index is 11.0. The summed E-state index contributed by atoms with van der Waals surface area (Å²) in [6.07, 6.45) is 0. The Balaban J connectivity index is 2.54. The van der Waals surface area contributed by atoms with Crippen molar-refractivity contribution < 1.29 is 9.53 Å². The van der Waals surface area contributed by atoms with Crippen molar-refractivity contribution in [2.45, 2.75) is 13.0 Å². The zero-order chi connectivity index (χ0) is 9.84. The van der Waals surface area contributed by atoms with E-state index in [1.807, 2.05) is 0 Å². The summed E-state index contributed by atoms with van der Waals surface area (Å²) in [5, 5.41) is 5.07. The minimum atomic E-state index is -0.411. The molecular formula is C7H11N3O2S. The van der Waals surface area contributed by atoms with E-state index in [4.69, 9.17) is 5.73 Å². The van der Waals surface area contributed by atoms with Crippen LogP contribution in [0.3, 0.4) is 0 Å². The van der Waals surface area contributed by atoms with Crippen LogP contribution in [0.4, 0.5) is 10.9 Å². The molecule has 0 bridgehead atoms. The predicted molar refractivity (Wildman–Crippen MR) is 51.6 cm³/mol. The minimum absolute atomic E-state index is 0.327. The number of nitrogens with zero attached hydrogens (tertiary/aromatic N) is 1. The van der Waals surface area contributed by atoms with E-state index in [1.165, 1.54) is 18.4 Å². The average Bonchev–Trinajstić information content (AvgIpc) is 2.49. The molecule has 0 amide bonds. The van der Waals surface area contributed by atoms with Gasteiger partial charge in [0, 0.05) is 5.38 Å². The summed E-state index contributed by atoms with van der Waals surface area (Å²) in [7, 11) is 1.34. The zero-order valence-electron chi connectivity index (χ0n) is 7.40. The largest absolute Gasteiger partial charge is 0.467 e. The molecule has 0 saturated heterocycles. The van der Waals surface area contributed by atoms with Crippen LogP contribution in [0.5, 0.6) is 0 Å². The van der Waals surface area contributed by atoms with Crippen LogP contribution in [0.1, 0.15) is 6.92 Å². The molecule has 0 radical (unpaired) electrons. The van der Waals surface area contributed by atoms with Crippen molar-refractivity contribution in [1.82, 2.24) is 4.98 Å². The molecule has 0 saturated carbocycles. The van der Waals surface area contributed by atoms with Crippen molar-refractivity contribution in [2.24, 2.45) is 0 Å². The lowest BCUT2D eigenvalue weighted by atomic mass is 10.3. The van der Waals surface area contributed by atoms with Gasteiger partial charge in [0.15, 0.2) is 5.13 Å². The Hall–Kier alpha value is -1.30. The number of anilines is 2. The second-order valence-corrected chi connectivity index (χ2v) is 3.35. The molecule has 0 fully saturated rings. The Morgan fingerprint density at radius 3 is 3.00 bits per heavy atom. The van der Waals surface area contributed by atoms with Gasteiger partial charge in [0.2, 0.25) is 0 Å². The topological polar surface area (TPSA) is 77.2 Å². The van der Waals surface area contributed by atoms with Gasteiger partial charge in [0.05, 0.1) is 7.11 Å². The van der Waals surface area contributed by atoms with E-state index in [1.54, 1.807) is 12.3 Å². The summed E-state index contributed by atoms with van der Waals surface area (Å²) in [4.78, 5) is 14.9. The van der Waals surface area contributed by atoms with Gasteiger partial charge in [-0.1, -0.05) is 0 Å². The fourth-order valence-corrected chi connectivity index (χ4v) is 1.32. The van der Waals surface area contributed by atoms with E-state index < -0.39 is 6.04 Å². The molecule has 1 aromatic rings. The number of methoxy groups -OCH3 is 1. The van der Waals surface area contributed by atoms with Crippen molar-refractivity contribution in [3.8, 4) is 0 Å². The Morgan fingerprint density at radius 1 is 1.85 bits per heavy atom. The third-order valence-electron chi connectivity index (χ3n) is 1.44. The first kappa shape index (κ1) is 9.79. The monoisotopic (exact) mass is 201 g/mol. The molecule has 1 aromatic heterocycles. The fraction of sp³-hybridized carbons (Fsp3) is 0.429. The number of nitrogen functional groups attached to an aromatic ring is 1. The number of hydrogen-bond acceptors (Lipinski definition) is 6. The highest BCUT2D eigenvalue weighted by Crippen LogP contribution is 2.16. The number of hydrogen-bond donors (Lipinski definition) is 2. The number of carbonyl (C=O) groups excluding carboxylic acids is 1. The molecule has 6 heteroatoms. The molecule has 3 N–H and O–H groups in total. The molecule has 0 aliphatic carbocycles. The van der Waals surface area contributed by atoms with E-state index in [0.29, 0.717) is 10.9 Å². The fourth-order valence-electron chi connectivity index (χ4n) is 0.811. The summed E-state index contributed by atoms with van der Waals surface area (Å²) < 4.78 is 4.53. The van der Waals surface area contributed by atoms with Crippen molar-refractivity contribution >= 4 is 28.3 Å². The summed E-state index contributed by atoms with van der Waals surface area (Å²) in [5.74, 6) is 0.270. The standard InChI is InChI=1S/C7H11N3O2S/c1-4(6(11)12-2)9-5-3-13-7(8)10-5/h3-4,9H,1-2H3,(H2,8,10)/t4-/m0/s1. The highest BCUT2D eigenvalue weighted by Gasteiger charge is 2.13. The average molecular weight is 201 g/mol. The number of ether oxygens (including phenoxy) is 1. The van der Waals surface area contributed by atoms with Crippen molar-refractivity contribution in [1.29, 1.82) is 0 Å². The van der Waals surface area contributed by atoms with Crippen molar-refractivity contribution in [3.63, 3.8) is 0 Å². The van der Waals surface area contributed by atoms with Gasteiger partial charge in [-0.05, 0) is 6.92 Å². The lowest BCUT2D eigenvalue weighted by Gasteiger charge is -2.09. The van der Waals surface area contributed by atoms with Crippen LogP contribution in [0.25, 0.3) is 0 Å². The van der Waals surface area contributed by atoms with Crippen LogP contribution in [0.2, 0.25) is 0 Å². The second-order valence-electron chi connectivity index (χ2n) is 2.46. The first-order valence-corrected chi connectivity index (χ1v) is 4.57. The number of carbonyl (C=O) groups is 1. The van der Waals surface area contributed by atoms with Crippen LogP contribution >= 0.6 is 11.3 Å². The van der Waals surface area contributed by atoms with Crippen molar-refractivity contribution in [3.05, 3.63) is 5.38 Å². The summed E-state index contributed by atoms with van der Waals surface area (Å²) >= 11 is 1.32. The first-order valence-electron chi connectivity index (χ1n) is 3.69. The molecule has 1 heterocycles. The Morgan fingerprint density at radius 2 is 2.54 bits per heavy atom. The van der Waals surface area contributed by atoms with Gasteiger partial charge in [-0.3, -0.25) is 0 Å². The minimum Gasteiger partial charge on any atom is -0.467 e. The van der Waals surface area contributed by atoms with E-state index in [9.17, 15) is 4.79 Å². The predicted octanol–water partition coefficient (Wildman–Crippen LogP) is 0.699. The molecule has 0 spiro atoms. The molecule has 0 aromatic carbocycles. The Bertz CT molecular complexity index is 300. The van der Waals surface area contributed by atoms with Gasteiger partial charge in [-0.15, -0.1) is 11.3 Å². The normalized spacial score (nSPS) is 12.2. The Kier molecular flexibility index (Phi) is 3.07. The van der Waals surface area contributed by atoms with E-state index in [-0.39, 0.29) is 5.97 Å². The molecule has 0 aliphatic rings. The molecule has 1 atom stereocenters. The van der Waals surface area contributed by atoms with E-state index in [0.717, 1.165) is 0 Å². The third-order valence-corrected chi connectivity index (χ3v) is 2.11. The first-order chi connectivity index (χ1) is 6.13. The van der Waals surface area contributed by atoms with Crippen LogP contribution < -0.4 is 11.1 Å². The molecule has 0 aliphatic heterocycles. The second kappa shape index (κ2) is 4.08. The lowest BCUT2D eigenvalue weighted by Crippen LogP contribution is -2.27. The highest BCUT2D eigenvalue weighted by molar-refractivity contribution is 7.13. The number of aromatic nitrogens is 1. The number of esters is 1. The van der Waals surface area contributed by atoms with E-state index in [2.05, 4.69) is 15.0 Å². The van der Waals surface area contributed by atoms with Crippen LogP contribution in [0, 0.1) is 0 Å². The Labute approximate surface area is 79.9 Å². The molecule has 72 valence electrons. The molecule has 1 rings (SSSR count). The smallest absolute Gasteiger partial charge is 0.328 e. The molecule has 5 nitrogen and oxygen atoms in total. The van der Waals surface area contributed by atoms with Crippen LogP contribution in [-0.4, -0.2) is 24.1 Å². The zero-order valence-corrected chi connectivity index (χ0v) is 8.22. The number of nitrogens with one attached hydrogen (secondary N) is 1. The van der Waals surface area contributed by atoms with E-state index >= 15 is 0 Å². The summed E-state index contributed by atoms with van der Waals surface area (Å²) in [6.45, 7) is 1.70. The molecule has 0 unspecified atom stereocenters. The van der Waals surface area contributed by atoms with Gasteiger partial charge in [-0.2, -0.15) is 0 Å². The van der Waals surface area contributed by atoms with Gasteiger partial charge >= 0.3 is 5.97 Å². The number of thiazole rings is 1. The van der Waals surface area contributed by atoms with Crippen LogP contribution in [-0.2, 0) is 9.53 Å². The number of nitrogens with two attached hydrogens (primary N) is 1. The van der Waals surface area contributed by atoms with Crippen molar-refractivity contribution in [2.75, 3.05) is 18.2 Å². The quantitative estimate of drug-likeness (QED) is 0.704. The maximum atomic E-state index is 11.0. The van der Waals surface area contributed by atoms with Gasteiger partial charge < -0.3 is 15.8 Å². The van der Waals surface area contributed by atoms with Gasteiger partial charge in [0.25, 0.3) is 0 Å². The molecule has 13 heavy (non-hydrogen) atoms. The maximum Gasteiger partial charge on any atom is 0.328 e.